The molecule has 0 aliphatic heterocycles. The number of hydrogen-bond acceptors (Lipinski definition) is 2. The van der Waals surface area contributed by atoms with Crippen LogP contribution in [0.4, 0.5) is 0 Å². The summed E-state index contributed by atoms with van der Waals surface area (Å²) in [4.78, 5) is 0. The number of rotatable bonds is 0. The van der Waals surface area contributed by atoms with Crippen molar-refractivity contribution in [2.45, 2.75) is 26.3 Å². The molecular weight excluding hydrogens is 201 g/mol. The van der Waals surface area contributed by atoms with Crippen molar-refractivity contribution < 1.29 is 21.8 Å². The zero-order valence-electron chi connectivity index (χ0n) is 6.37. The summed E-state index contributed by atoms with van der Waals surface area (Å²) in [6.07, 6.45) is 0. The predicted octanol–water partition coefficient (Wildman–Crippen LogP) is -2.78. The Morgan fingerprint density at radius 1 is 1.40 bits per heavy atom. The van der Waals surface area contributed by atoms with Crippen molar-refractivity contribution in [2.24, 2.45) is 0 Å². The summed E-state index contributed by atoms with van der Waals surface area (Å²) in [7, 11) is 0. The van der Waals surface area contributed by atoms with E-state index in [0.717, 1.165) is 0 Å². The van der Waals surface area contributed by atoms with E-state index in [4.69, 9.17) is 16.0 Å². The van der Waals surface area contributed by atoms with E-state index >= 15 is 0 Å². The summed E-state index contributed by atoms with van der Waals surface area (Å²) in [5, 5.41) is 0. The summed E-state index contributed by atoms with van der Waals surface area (Å²) < 4.78 is 31.9. The molecular formula is C4H14AsNO4. The average molecular weight is 215 g/mol. The first-order valence-electron chi connectivity index (χ1n) is 2.62. The summed E-state index contributed by atoms with van der Waals surface area (Å²) in [6, 6.07) is 0. The molecule has 0 aliphatic rings. The molecule has 0 amide bonds. The molecule has 6 heteroatoms. The molecule has 0 atom stereocenters. The van der Waals surface area contributed by atoms with E-state index < -0.39 is 14.5 Å². The van der Waals surface area contributed by atoms with Crippen LogP contribution in [-0.4, -0.2) is 28.2 Å². The Labute approximate surface area is 63.2 Å². The minimum atomic E-state index is -5.38. The molecule has 0 heterocycles. The van der Waals surface area contributed by atoms with Crippen LogP contribution in [0.1, 0.15) is 20.8 Å². The van der Waals surface area contributed by atoms with Crippen LogP contribution in [0.25, 0.3) is 0 Å². The normalized spacial score (nSPS) is 11.9. The quantitative estimate of drug-likeness (QED) is 0.380. The standard InChI is InChI=1S/C4H11N.AsH3O4/c1-4(2,3)5;2-1(3,4)5/h5H2,1-3H3;(H3,2,3,4,5). The van der Waals surface area contributed by atoms with Crippen LogP contribution in [0, 0.1) is 0 Å². The first kappa shape index (κ1) is 12.8. The van der Waals surface area contributed by atoms with E-state index in [1.54, 1.807) is 0 Å². The van der Waals surface area contributed by atoms with E-state index in [2.05, 4.69) is 26.5 Å². The Bertz CT molecular complexity index is 109. The first-order valence-corrected chi connectivity index (χ1v) is 5.83. The van der Waals surface area contributed by atoms with Gasteiger partial charge in [-0.05, 0) is 20.8 Å². The second-order valence-electron chi connectivity index (χ2n) is 3.05. The van der Waals surface area contributed by atoms with Crippen LogP contribution in [-0.2, 0) is 3.74 Å². The SMILES string of the molecule is CC(C)(C)[NH3+].O=[As]([O-])(O)O. The van der Waals surface area contributed by atoms with Gasteiger partial charge in [-0.15, -0.1) is 0 Å². The molecule has 0 radical (unpaired) electrons. The zero-order chi connectivity index (χ0) is 9.00. The van der Waals surface area contributed by atoms with Crippen molar-refractivity contribution in [3.05, 3.63) is 0 Å². The van der Waals surface area contributed by atoms with Gasteiger partial charge in [0, 0.05) is 0 Å². The van der Waals surface area contributed by atoms with E-state index in [1.807, 2.05) is 0 Å². The third-order valence-corrected chi connectivity index (χ3v) is 0. The van der Waals surface area contributed by atoms with Crippen molar-refractivity contribution in [3.8, 4) is 0 Å². The van der Waals surface area contributed by atoms with Gasteiger partial charge in [-0.3, -0.25) is 0 Å². The molecule has 5 nitrogen and oxygen atoms in total. The summed E-state index contributed by atoms with van der Waals surface area (Å²) in [5.74, 6) is 0. The maximum atomic E-state index is 8.83. The predicted molar refractivity (Wildman–Crippen MR) is 33.5 cm³/mol. The average Bonchev–Trinajstić information content (AvgIpc) is 1.12. The number of quaternary nitrogens is 1. The topological polar surface area (TPSA) is 108 Å². The first-order chi connectivity index (χ1) is 4.00. The van der Waals surface area contributed by atoms with Crippen LogP contribution in [0.5, 0.6) is 0 Å². The molecule has 0 aromatic heterocycles. The zero-order valence-corrected chi connectivity index (χ0v) is 8.24. The molecule has 64 valence electrons. The van der Waals surface area contributed by atoms with Gasteiger partial charge in [0.25, 0.3) is 0 Å². The van der Waals surface area contributed by atoms with Gasteiger partial charge in [-0.25, -0.2) is 0 Å². The molecule has 0 aromatic rings. The second-order valence-corrected chi connectivity index (χ2v) is 5.11. The van der Waals surface area contributed by atoms with Gasteiger partial charge in [0.1, 0.15) is 0 Å². The molecule has 0 unspecified atom stereocenters. The van der Waals surface area contributed by atoms with Crippen molar-refractivity contribution >= 4 is 14.5 Å². The van der Waals surface area contributed by atoms with Gasteiger partial charge in [0.2, 0.25) is 0 Å². The third kappa shape index (κ3) is 10800. The minimum absolute atomic E-state index is 0.250. The fourth-order valence-corrected chi connectivity index (χ4v) is 0. The van der Waals surface area contributed by atoms with Crippen LogP contribution >= 0.6 is 0 Å². The van der Waals surface area contributed by atoms with Crippen molar-refractivity contribution in [1.29, 1.82) is 0 Å². The molecule has 0 saturated carbocycles. The maximum absolute atomic E-state index is 8.83. The van der Waals surface area contributed by atoms with E-state index in [0.29, 0.717) is 0 Å². The van der Waals surface area contributed by atoms with Gasteiger partial charge in [0.15, 0.2) is 0 Å². The molecule has 0 rings (SSSR count). The van der Waals surface area contributed by atoms with Gasteiger partial charge in [-0.2, -0.15) is 0 Å². The fourth-order valence-electron chi connectivity index (χ4n) is 0. The Balaban J connectivity index is 0. The van der Waals surface area contributed by atoms with Crippen molar-refractivity contribution in [2.75, 3.05) is 0 Å². The van der Waals surface area contributed by atoms with Crippen molar-refractivity contribution in [1.82, 2.24) is 0 Å². The van der Waals surface area contributed by atoms with E-state index in [1.165, 1.54) is 0 Å². The van der Waals surface area contributed by atoms with Gasteiger partial charge in [-0.1, -0.05) is 0 Å². The third-order valence-electron chi connectivity index (χ3n) is 0. The van der Waals surface area contributed by atoms with Crippen LogP contribution in [0.2, 0.25) is 0 Å². The molecule has 0 spiro atoms. The van der Waals surface area contributed by atoms with Crippen molar-refractivity contribution in [3.63, 3.8) is 0 Å². The Morgan fingerprint density at radius 3 is 1.40 bits per heavy atom. The molecule has 0 saturated heterocycles. The molecule has 10 heavy (non-hydrogen) atoms. The monoisotopic (exact) mass is 215 g/mol. The van der Waals surface area contributed by atoms with Gasteiger partial charge in [0.05, 0.1) is 5.54 Å². The van der Waals surface area contributed by atoms with Gasteiger partial charge < -0.3 is 5.73 Å². The second kappa shape index (κ2) is 4.15. The van der Waals surface area contributed by atoms with Crippen LogP contribution < -0.4 is 9.83 Å². The summed E-state index contributed by atoms with van der Waals surface area (Å²) in [6.45, 7) is 6.23. The summed E-state index contributed by atoms with van der Waals surface area (Å²) in [5.41, 5.74) is 4.02. The molecule has 0 fully saturated rings. The summed E-state index contributed by atoms with van der Waals surface area (Å²) >= 11 is -5.38. The van der Waals surface area contributed by atoms with E-state index in [-0.39, 0.29) is 5.54 Å². The Morgan fingerprint density at radius 2 is 1.40 bits per heavy atom. The number of hydrogen-bond donors (Lipinski definition) is 3. The molecule has 0 bridgehead atoms. The van der Waals surface area contributed by atoms with Crippen LogP contribution in [0.15, 0.2) is 0 Å². The van der Waals surface area contributed by atoms with E-state index in [9.17, 15) is 0 Å². The molecule has 0 aliphatic carbocycles. The van der Waals surface area contributed by atoms with Crippen LogP contribution in [0.3, 0.4) is 0 Å². The van der Waals surface area contributed by atoms with Gasteiger partial charge >= 0.3 is 30.5 Å². The fraction of sp³-hybridized carbons (Fsp3) is 1.00. The molecule has 5 N–H and O–H groups in total. The Kier molecular flexibility index (Phi) is 5.33. The Hall–Kier alpha value is 0.198. The molecule has 0 aromatic carbocycles.